The van der Waals surface area contributed by atoms with Crippen LogP contribution >= 0.6 is 24.0 Å². The Labute approximate surface area is 105 Å². The van der Waals surface area contributed by atoms with E-state index in [1.54, 1.807) is 0 Å². The fourth-order valence-corrected chi connectivity index (χ4v) is 1.92. The zero-order valence-corrected chi connectivity index (χ0v) is 10.9. The van der Waals surface area contributed by atoms with Crippen LogP contribution in [0.5, 0.6) is 0 Å². The van der Waals surface area contributed by atoms with Crippen LogP contribution in [0.4, 0.5) is 0 Å². The quantitative estimate of drug-likeness (QED) is 0.854. The van der Waals surface area contributed by atoms with Crippen LogP contribution in [0.15, 0.2) is 10.6 Å². The summed E-state index contributed by atoms with van der Waals surface area (Å²) in [6.45, 7) is 5.79. The lowest BCUT2D eigenvalue weighted by atomic mass is 10.0. The van der Waals surface area contributed by atoms with Gasteiger partial charge in [-0.3, -0.25) is 0 Å². The van der Waals surface area contributed by atoms with Gasteiger partial charge in [0, 0.05) is 11.1 Å². The number of aryl methyl sites for hydroxylation is 2. The topological polar surface area (TPSA) is 52.0 Å². The number of nitrogens with two attached hydrogens (primary N) is 1. The van der Waals surface area contributed by atoms with Gasteiger partial charge in [-0.1, -0.05) is 16.8 Å². The molecule has 2 N–H and O–H groups in total. The van der Waals surface area contributed by atoms with Crippen LogP contribution < -0.4 is 5.73 Å². The highest BCUT2D eigenvalue weighted by molar-refractivity contribution is 6.33. The summed E-state index contributed by atoms with van der Waals surface area (Å²) in [7, 11) is 0. The lowest BCUT2D eigenvalue weighted by Gasteiger charge is -2.05. The van der Waals surface area contributed by atoms with Gasteiger partial charge in [-0.25, -0.2) is 0 Å². The molecule has 88 valence electrons. The molecule has 2 aromatic rings. The summed E-state index contributed by atoms with van der Waals surface area (Å²) in [5, 5.41) is 5.68. The number of hydrogen-bond acceptors (Lipinski definition) is 3. The molecule has 0 aliphatic heterocycles. The molecular weight excluding hydrogens is 247 g/mol. The Kier molecular flexibility index (Phi) is 3.84. The molecule has 0 radical (unpaired) electrons. The number of fused-ring (bicyclic) bond motifs is 1. The summed E-state index contributed by atoms with van der Waals surface area (Å²) >= 11 is 6.18. The molecule has 1 heterocycles. The predicted molar refractivity (Wildman–Crippen MR) is 68.3 cm³/mol. The molecule has 5 heteroatoms. The molecule has 16 heavy (non-hydrogen) atoms. The molecule has 0 bridgehead atoms. The smallest absolute Gasteiger partial charge is 0.167 e. The summed E-state index contributed by atoms with van der Waals surface area (Å²) in [5.74, 6) is 0. The van der Waals surface area contributed by atoms with E-state index in [0.29, 0.717) is 0 Å². The SMILES string of the molecule is Cc1cc2onc(C(C)N)c2c(C)c1Cl.Cl. The molecule has 2 rings (SSSR count). The number of halogens is 2. The first-order valence-electron chi connectivity index (χ1n) is 4.83. The Morgan fingerprint density at radius 2 is 2.06 bits per heavy atom. The second-order valence-corrected chi connectivity index (χ2v) is 4.24. The Hall–Kier alpha value is -0.770. The molecule has 1 aromatic carbocycles. The average molecular weight is 261 g/mol. The van der Waals surface area contributed by atoms with E-state index in [2.05, 4.69) is 5.16 Å². The van der Waals surface area contributed by atoms with E-state index in [-0.39, 0.29) is 18.4 Å². The van der Waals surface area contributed by atoms with Gasteiger partial charge in [0.15, 0.2) is 5.58 Å². The maximum absolute atomic E-state index is 6.18. The maximum atomic E-state index is 6.18. The summed E-state index contributed by atoms with van der Waals surface area (Å²) in [6.07, 6.45) is 0. The van der Waals surface area contributed by atoms with Crippen LogP contribution in [0.2, 0.25) is 5.02 Å². The minimum atomic E-state index is -0.149. The Bertz CT molecular complexity index is 520. The van der Waals surface area contributed by atoms with Crippen molar-refractivity contribution in [2.24, 2.45) is 5.73 Å². The second kappa shape index (κ2) is 4.62. The predicted octanol–water partition coefficient (Wildman–Crippen LogP) is 3.54. The van der Waals surface area contributed by atoms with Crippen molar-refractivity contribution in [1.29, 1.82) is 0 Å². The monoisotopic (exact) mass is 260 g/mol. The first-order valence-corrected chi connectivity index (χ1v) is 5.20. The lowest BCUT2D eigenvalue weighted by molar-refractivity contribution is 0.440. The second-order valence-electron chi connectivity index (χ2n) is 3.86. The van der Waals surface area contributed by atoms with E-state index >= 15 is 0 Å². The van der Waals surface area contributed by atoms with Crippen molar-refractivity contribution in [2.75, 3.05) is 0 Å². The van der Waals surface area contributed by atoms with Gasteiger partial charge in [0.25, 0.3) is 0 Å². The minimum absolute atomic E-state index is 0. The van der Waals surface area contributed by atoms with Crippen molar-refractivity contribution in [1.82, 2.24) is 5.16 Å². The average Bonchev–Trinajstić information content (AvgIpc) is 2.58. The van der Waals surface area contributed by atoms with Crippen LogP contribution in [-0.2, 0) is 0 Å². The number of nitrogens with zero attached hydrogens (tertiary/aromatic N) is 1. The van der Waals surface area contributed by atoms with Gasteiger partial charge < -0.3 is 10.3 Å². The number of benzene rings is 1. The number of rotatable bonds is 1. The van der Waals surface area contributed by atoms with Crippen LogP contribution in [0.1, 0.15) is 29.8 Å². The Morgan fingerprint density at radius 1 is 1.44 bits per heavy atom. The third-order valence-electron chi connectivity index (χ3n) is 2.57. The maximum Gasteiger partial charge on any atom is 0.167 e. The molecular formula is C11H14Cl2N2O. The number of aromatic nitrogens is 1. The van der Waals surface area contributed by atoms with Crippen LogP contribution in [0, 0.1) is 13.8 Å². The van der Waals surface area contributed by atoms with Gasteiger partial charge in [-0.05, 0) is 38.0 Å². The highest BCUT2D eigenvalue weighted by atomic mass is 35.5. The fourth-order valence-electron chi connectivity index (χ4n) is 1.77. The molecule has 0 aliphatic carbocycles. The van der Waals surface area contributed by atoms with E-state index in [4.69, 9.17) is 21.9 Å². The Balaban J connectivity index is 0.00000128. The van der Waals surface area contributed by atoms with Crippen molar-refractivity contribution in [3.8, 4) is 0 Å². The molecule has 0 saturated carbocycles. The highest BCUT2D eigenvalue weighted by Crippen LogP contribution is 2.32. The molecule has 0 saturated heterocycles. The van der Waals surface area contributed by atoms with E-state index in [1.165, 1.54) is 0 Å². The molecule has 1 unspecified atom stereocenters. The standard InChI is InChI=1S/C11H13ClN2O.ClH/c1-5-4-8-9(6(2)10(5)12)11(7(3)13)14-15-8;/h4,7H,13H2,1-3H3;1H. The van der Waals surface area contributed by atoms with Gasteiger partial charge in [0.2, 0.25) is 0 Å². The first kappa shape index (κ1) is 13.3. The molecule has 0 fully saturated rings. The summed E-state index contributed by atoms with van der Waals surface area (Å²) in [6, 6.07) is 1.74. The van der Waals surface area contributed by atoms with Gasteiger partial charge >= 0.3 is 0 Å². The van der Waals surface area contributed by atoms with Crippen molar-refractivity contribution < 1.29 is 4.52 Å². The number of hydrogen-bond donors (Lipinski definition) is 1. The van der Waals surface area contributed by atoms with Crippen molar-refractivity contribution in [3.63, 3.8) is 0 Å². The molecule has 0 spiro atoms. The molecule has 1 aromatic heterocycles. The van der Waals surface area contributed by atoms with Crippen molar-refractivity contribution >= 4 is 35.0 Å². The first-order chi connectivity index (χ1) is 7.02. The van der Waals surface area contributed by atoms with E-state index in [0.717, 1.165) is 32.8 Å². The van der Waals surface area contributed by atoms with Gasteiger partial charge in [-0.15, -0.1) is 12.4 Å². The molecule has 3 nitrogen and oxygen atoms in total. The zero-order chi connectivity index (χ0) is 11.2. The van der Waals surface area contributed by atoms with E-state index < -0.39 is 0 Å². The van der Waals surface area contributed by atoms with Crippen molar-refractivity contribution in [3.05, 3.63) is 27.9 Å². The highest BCUT2D eigenvalue weighted by Gasteiger charge is 2.16. The lowest BCUT2D eigenvalue weighted by Crippen LogP contribution is -2.06. The molecule has 0 aliphatic rings. The Morgan fingerprint density at radius 3 is 2.62 bits per heavy atom. The summed E-state index contributed by atoms with van der Waals surface area (Å²) < 4.78 is 5.24. The van der Waals surface area contributed by atoms with E-state index in [1.807, 2.05) is 26.8 Å². The van der Waals surface area contributed by atoms with Gasteiger partial charge in [0.1, 0.15) is 5.69 Å². The van der Waals surface area contributed by atoms with Gasteiger partial charge in [0.05, 0.1) is 5.39 Å². The normalized spacial score (nSPS) is 12.6. The fraction of sp³-hybridized carbons (Fsp3) is 0.364. The third-order valence-corrected chi connectivity index (χ3v) is 3.16. The van der Waals surface area contributed by atoms with E-state index in [9.17, 15) is 0 Å². The van der Waals surface area contributed by atoms with Crippen LogP contribution in [-0.4, -0.2) is 5.16 Å². The minimum Gasteiger partial charge on any atom is -0.356 e. The zero-order valence-electron chi connectivity index (χ0n) is 9.37. The molecule has 0 amide bonds. The van der Waals surface area contributed by atoms with Gasteiger partial charge in [-0.2, -0.15) is 0 Å². The molecule has 1 atom stereocenters. The van der Waals surface area contributed by atoms with Crippen molar-refractivity contribution in [2.45, 2.75) is 26.8 Å². The van der Waals surface area contributed by atoms with Crippen LogP contribution in [0.3, 0.4) is 0 Å². The van der Waals surface area contributed by atoms with Crippen LogP contribution in [0.25, 0.3) is 11.0 Å². The summed E-state index contributed by atoms with van der Waals surface area (Å²) in [5.41, 5.74) is 9.32. The largest absolute Gasteiger partial charge is 0.356 e. The summed E-state index contributed by atoms with van der Waals surface area (Å²) in [4.78, 5) is 0. The third kappa shape index (κ3) is 1.90.